The van der Waals surface area contributed by atoms with Crippen molar-refractivity contribution in [2.75, 3.05) is 31.1 Å². The molecule has 2 aromatic carbocycles. The monoisotopic (exact) mass is 502 g/mol. The van der Waals surface area contributed by atoms with Crippen LogP contribution in [0.5, 0.6) is 5.75 Å². The molecule has 0 radical (unpaired) electrons. The number of hydrogen-bond acceptors (Lipinski definition) is 4. The molecule has 2 aromatic rings. The number of benzene rings is 2. The number of hydrogen-bond donors (Lipinski definition) is 0. The number of anilines is 1. The highest BCUT2D eigenvalue weighted by molar-refractivity contribution is 7.89. The largest absolute Gasteiger partial charge is 0.493 e. The smallest absolute Gasteiger partial charge is 0.244 e. The Balaban J connectivity index is 1.21. The fourth-order valence-corrected chi connectivity index (χ4v) is 7.53. The van der Waals surface area contributed by atoms with Crippen molar-refractivity contribution < 1.29 is 17.9 Å². The zero-order valence-electron chi connectivity index (χ0n) is 19.3. The molecular weight excluding hydrogens is 472 g/mol. The summed E-state index contributed by atoms with van der Waals surface area (Å²) < 4.78 is 33.6. The molecule has 0 unspecified atom stereocenters. The summed E-state index contributed by atoms with van der Waals surface area (Å²) in [6.07, 6.45) is 6.89. The SMILES string of the molecule is O=C1N(c2ccc(OCC3CCCC3)cc2)CCC12CCN(S(=O)(=O)c1ccccc1Cl)CC2. The number of nitrogens with zero attached hydrogens (tertiary/aromatic N) is 2. The van der Waals surface area contributed by atoms with Crippen LogP contribution in [0.4, 0.5) is 5.69 Å². The van der Waals surface area contributed by atoms with Gasteiger partial charge in [-0.15, -0.1) is 0 Å². The number of rotatable bonds is 6. The van der Waals surface area contributed by atoms with Gasteiger partial charge in [-0.25, -0.2) is 8.42 Å². The zero-order valence-corrected chi connectivity index (χ0v) is 20.9. The van der Waals surface area contributed by atoms with E-state index in [1.54, 1.807) is 18.2 Å². The third-order valence-corrected chi connectivity index (χ3v) is 10.2. The Labute approximate surface area is 206 Å². The minimum absolute atomic E-state index is 0.0990. The van der Waals surface area contributed by atoms with Crippen LogP contribution < -0.4 is 9.64 Å². The molecule has 34 heavy (non-hydrogen) atoms. The van der Waals surface area contributed by atoms with Crippen LogP contribution in [-0.2, 0) is 14.8 Å². The summed E-state index contributed by atoms with van der Waals surface area (Å²) in [5.41, 5.74) is 0.380. The summed E-state index contributed by atoms with van der Waals surface area (Å²) in [6.45, 7) is 2.05. The Bertz CT molecular complexity index is 1140. The quantitative estimate of drug-likeness (QED) is 0.550. The van der Waals surface area contributed by atoms with Crippen molar-refractivity contribution in [3.63, 3.8) is 0 Å². The summed E-state index contributed by atoms with van der Waals surface area (Å²) >= 11 is 6.15. The fourth-order valence-electron chi connectivity index (χ4n) is 5.59. The highest BCUT2D eigenvalue weighted by atomic mass is 35.5. The molecular formula is C26H31ClN2O4S. The third-order valence-electron chi connectivity index (χ3n) is 7.76. The lowest BCUT2D eigenvalue weighted by Crippen LogP contribution is -2.46. The van der Waals surface area contributed by atoms with E-state index in [1.165, 1.54) is 36.1 Å². The van der Waals surface area contributed by atoms with E-state index < -0.39 is 15.4 Å². The van der Waals surface area contributed by atoms with Crippen molar-refractivity contribution in [2.45, 2.75) is 49.8 Å². The normalized spacial score (nSPS) is 21.4. The topological polar surface area (TPSA) is 66.9 Å². The molecule has 0 aromatic heterocycles. The van der Waals surface area contributed by atoms with E-state index in [9.17, 15) is 13.2 Å². The van der Waals surface area contributed by atoms with E-state index in [-0.39, 0.29) is 15.8 Å². The molecule has 8 heteroatoms. The van der Waals surface area contributed by atoms with Crippen molar-refractivity contribution >= 4 is 33.2 Å². The number of sulfonamides is 1. The van der Waals surface area contributed by atoms with Crippen LogP contribution in [0.1, 0.15) is 44.9 Å². The molecule has 2 heterocycles. The van der Waals surface area contributed by atoms with Gasteiger partial charge in [0.15, 0.2) is 0 Å². The van der Waals surface area contributed by atoms with E-state index in [1.807, 2.05) is 29.2 Å². The van der Waals surface area contributed by atoms with Gasteiger partial charge >= 0.3 is 0 Å². The van der Waals surface area contributed by atoms with Crippen LogP contribution >= 0.6 is 11.6 Å². The van der Waals surface area contributed by atoms with E-state index in [0.717, 1.165) is 24.5 Å². The van der Waals surface area contributed by atoms with Gasteiger partial charge in [0.2, 0.25) is 15.9 Å². The average Bonchev–Trinajstić information content (AvgIpc) is 3.48. The molecule has 3 aliphatic rings. The van der Waals surface area contributed by atoms with Crippen molar-refractivity contribution in [2.24, 2.45) is 11.3 Å². The van der Waals surface area contributed by atoms with E-state index >= 15 is 0 Å². The first-order valence-electron chi connectivity index (χ1n) is 12.2. The Morgan fingerprint density at radius 1 is 0.941 bits per heavy atom. The lowest BCUT2D eigenvalue weighted by Gasteiger charge is -2.37. The molecule has 2 saturated heterocycles. The maximum Gasteiger partial charge on any atom is 0.244 e. The zero-order chi connectivity index (χ0) is 23.8. The number of halogens is 1. The van der Waals surface area contributed by atoms with Crippen LogP contribution in [0.15, 0.2) is 53.4 Å². The molecule has 1 amide bonds. The van der Waals surface area contributed by atoms with E-state index in [4.69, 9.17) is 16.3 Å². The summed E-state index contributed by atoms with van der Waals surface area (Å²) in [5, 5.41) is 0.224. The molecule has 1 spiro atoms. The first kappa shape index (κ1) is 23.6. The van der Waals surface area contributed by atoms with Gasteiger partial charge in [-0.3, -0.25) is 4.79 Å². The maximum atomic E-state index is 13.5. The van der Waals surface area contributed by atoms with Crippen molar-refractivity contribution in [3.8, 4) is 5.75 Å². The molecule has 6 nitrogen and oxygen atoms in total. The number of ether oxygens (including phenoxy) is 1. The Hall–Kier alpha value is -2.09. The van der Waals surface area contributed by atoms with Crippen molar-refractivity contribution in [1.82, 2.24) is 4.31 Å². The van der Waals surface area contributed by atoms with Gasteiger partial charge in [0.25, 0.3) is 0 Å². The van der Waals surface area contributed by atoms with Crippen molar-refractivity contribution in [3.05, 3.63) is 53.6 Å². The van der Waals surface area contributed by atoms with Crippen LogP contribution in [0, 0.1) is 11.3 Å². The molecule has 0 atom stereocenters. The third kappa shape index (κ3) is 4.45. The highest BCUT2D eigenvalue weighted by Crippen LogP contribution is 2.44. The lowest BCUT2D eigenvalue weighted by molar-refractivity contribution is -0.127. The predicted molar refractivity (Wildman–Crippen MR) is 133 cm³/mol. The fraction of sp³-hybridized carbons (Fsp3) is 0.500. The second-order valence-corrected chi connectivity index (χ2v) is 12.1. The molecule has 3 fully saturated rings. The predicted octanol–water partition coefficient (Wildman–Crippen LogP) is 5.12. The second kappa shape index (κ2) is 9.51. The first-order chi connectivity index (χ1) is 16.4. The van der Waals surface area contributed by atoms with Crippen LogP contribution in [0.2, 0.25) is 5.02 Å². The maximum absolute atomic E-state index is 13.5. The molecule has 5 rings (SSSR count). The molecule has 0 bridgehead atoms. The molecule has 0 N–H and O–H groups in total. The summed E-state index contributed by atoms with van der Waals surface area (Å²) in [5.74, 6) is 1.60. The summed E-state index contributed by atoms with van der Waals surface area (Å²) in [6, 6.07) is 14.3. The standard InChI is InChI=1S/C26H31ClN2O4S/c27-23-7-3-4-8-24(23)34(31,32)28-16-13-26(14-17-28)15-18-29(25(26)30)21-9-11-22(12-10-21)33-19-20-5-1-2-6-20/h3-4,7-12,20H,1-2,5-6,13-19H2. The second-order valence-electron chi connectivity index (χ2n) is 9.78. The summed E-state index contributed by atoms with van der Waals surface area (Å²) in [4.78, 5) is 15.4. The van der Waals surface area contributed by atoms with Crippen molar-refractivity contribution in [1.29, 1.82) is 0 Å². The lowest BCUT2D eigenvalue weighted by atomic mass is 9.77. The van der Waals surface area contributed by atoms with Gasteiger partial charge in [-0.05, 0) is 74.4 Å². The summed E-state index contributed by atoms with van der Waals surface area (Å²) in [7, 11) is -3.68. The Morgan fingerprint density at radius 2 is 1.59 bits per heavy atom. The van der Waals surface area contributed by atoms with Gasteiger partial charge in [-0.2, -0.15) is 4.31 Å². The van der Waals surface area contributed by atoms with Gasteiger partial charge in [-0.1, -0.05) is 36.6 Å². The number of piperidine rings is 1. The average molecular weight is 503 g/mol. The first-order valence-corrected chi connectivity index (χ1v) is 14.0. The molecule has 2 aliphatic heterocycles. The molecule has 1 saturated carbocycles. The number of carbonyl (C=O) groups is 1. The van der Waals surface area contributed by atoms with Crippen LogP contribution in [0.3, 0.4) is 0 Å². The van der Waals surface area contributed by atoms with Crippen LogP contribution in [0.25, 0.3) is 0 Å². The van der Waals surface area contributed by atoms with Gasteiger partial charge in [0, 0.05) is 25.3 Å². The number of amides is 1. The van der Waals surface area contributed by atoms with E-state index in [0.29, 0.717) is 38.4 Å². The van der Waals surface area contributed by atoms with Crippen LogP contribution in [-0.4, -0.2) is 44.9 Å². The minimum Gasteiger partial charge on any atom is -0.493 e. The Kier molecular flexibility index (Phi) is 6.62. The minimum atomic E-state index is -3.68. The molecule has 182 valence electrons. The van der Waals surface area contributed by atoms with Gasteiger partial charge in [0.1, 0.15) is 10.6 Å². The number of carbonyl (C=O) groups excluding carboxylic acids is 1. The van der Waals surface area contributed by atoms with E-state index in [2.05, 4.69) is 0 Å². The van der Waals surface area contributed by atoms with Gasteiger partial charge < -0.3 is 9.64 Å². The highest BCUT2D eigenvalue weighted by Gasteiger charge is 2.50. The Morgan fingerprint density at radius 3 is 2.26 bits per heavy atom. The van der Waals surface area contributed by atoms with Gasteiger partial charge in [0.05, 0.1) is 17.0 Å². The molecule has 1 aliphatic carbocycles.